The predicted molar refractivity (Wildman–Crippen MR) is 83.4 cm³/mol. The summed E-state index contributed by atoms with van der Waals surface area (Å²) in [5.74, 6) is 1.74. The van der Waals surface area contributed by atoms with Gasteiger partial charge in [0.15, 0.2) is 0 Å². The Morgan fingerprint density at radius 1 is 1.47 bits per heavy atom. The monoisotopic (exact) mass is 325 g/mol. The molecule has 0 spiro atoms. The van der Waals surface area contributed by atoms with Crippen LogP contribution in [0.25, 0.3) is 0 Å². The minimum absolute atomic E-state index is 0.309. The Hall–Kier alpha value is -0.540. The van der Waals surface area contributed by atoms with Gasteiger partial charge in [-0.15, -0.1) is 0 Å². The number of hydrogen-bond acceptors (Lipinski definition) is 2. The van der Waals surface area contributed by atoms with Crippen LogP contribution >= 0.6 is 15.9 Å². The molecule has 3 heteroatoms. The molecule has 2 N–H and O–H groups in total. The second kappa shape index (κ2) is 6.76. The second-order valence-corrected chi connectivity index (χ2v) is 6.88. The van der Waals surface area contributed by atoms with E-state index < -0.39 is 0 Å². The van der Waals surface area contributed by atoms with E-state index in [2.05, 4.69) is 22.9 Å². The molecule has 0 amide bonds. The lowest BCUT2D eigenvalue weighted by Gasteiger charge is -2.39. The summed E-state index contributed by atoms with van der Waals surface area (Å²) in [5.41, 5.74) is 6.35. The van der Waals surface area contributed by atoms with E-state index in [0.717, 1.165) is 35.7 Å². The molecular weight excluding hydrogens is 302 g/mol. The molecule has 2 rings (SSSR count). The van der Waals surface area contributed by atoms with Gasteiger partial charge in [-0.25, -0.2) is 0 Å². The number of nitrogens with two attached hydrogens (primary N) is 1. The van der Waals surface area contributed by atoms with E-state index in [4.69, 9.17) is 10.5 Å². The zero-order valence-electron chi connectivity index (χ0n) is 11.7. The highest BCUT2D eigenvalue weighted by molar-refractivity contribution is 9.10. The molecule has 0 radical (unpaired) electrons. The summed E-state index contributed by atoms with van der Waals surface area (Å²) in [4.78, 5) is 0. The summed E-state index contributed by atoms with van der Waals surface area (Å²) >= 11 is 3.46. The quantitative estimate of drug-likeness (QED) is 0.872. The van der Waals surface area contributed by atoms with Crippen LogP contribution in [0.15, 0.2) is 28.7 Å². The van der Waals surface area contributed by atoms with Crippen molar-refractivity contribution >= 4 is 15.9 Å². The molecule has 0 heterocycles. The first-order valence-electron chi connectivity index (χ1n) is 7.22. The van der Waals surface area contributed by atoms with E-state index in [0.29, 0.717) is 5.41 Å². The van der Waals surface area contributed by atoms with Crippen LogP contribution in [0.2, 0.25) is 0 Å². The highest BCUT2D eigenvalue weighted by atomic mass is 79.9. The number of hydrogen-bond donors (Lipinski definition) is 1. The van der Waals surface area contributed by atoms with Crippen molar-refractivity contribution in [2.75, 3.05) is 13.2 Å². The zero-order valence-corrected chi connectivity index (χ0v) is 13.3. The number of halogens is 1. The Kier molecular flexibility index (Phi) is 5.28. The molecule has 1 aliphatic rings. The van der Waals surface area contributed by atoms with Crippen LogP contribution < -0.4 is 10.5 Å². The topological polar surface area (TPSA) is 35.2 Å². The molecule has 1 aromatic rings. The standard InChI is InChI=1S/C16H24BrNO/c1-13-4-3-7-16(11-13,12-18)8-9-19-15-6-2-5-14(17)10-15/h2,5-6,10,13H,3-4,7-9,11-12,18H2,1H3. The molecule has 0 saturated heterocycles. The highest BCUT2D eigenvalue weighted by Crippen LogP contribution is 2.41. The molecule has 0 bridgehead atoms. The van der Waals surface area contributed by atoms with Gasteiger partial charge < -0.3 is 10.5 Å². The van der Waals surface area contributed by atoms with Gasteiger partial charge in [0, 0.05) is 4.47 Å². The van der Waals surface area contributed by atoms with Gasteiger partial charge in [-0.05, 0) is 55.3 Å². The molecule has 2 atom stereocenters. The number of ether oxygens (including phenoxy) is 1. The van der Waals surface area contributed by atoms with Gasteiger partial charge in [-0.2, -0.15) is 0 Å². The molecule has 1 fully saturated rings. The van der Waals surface area contributed by atoms with Gasteiger partial charge in [-0.3, -0.25) is 0 Å². The minimum atomic E-state index is 0.309. The largest absolute Gasteiger partial charge is 0.494 e. The Labute approximate surface area is 124 Å². The van der Waals surface area contributed by atoms with Crippen molar-refractivity contribution in [3.8, 4) is 5.75 Å². The van der Waals surface area contributed by atoms with E-state index in [1.807, 2.05) is 24.3 Å². The SMILES string of the molecule is CC1CCCC(CN)(CCOc2cccc(Br)c2)C1. The van der Waals surface area contributed by atoms with E-state index in [9.17, 15) is 0 Å². The van der Waals surface area contributed by atoms with Crippen LogP contribution in [-0.4, -0.2) is 13.2 Å². The molecule has 2 unspecified atom stereocenters. The normalized spacial score (nSPS) is 27.2. The van der Waals surface area contributed by atoms with Crippen molar-refractivity contribution in [1.29, 1.82) is 0 Å². The summed E-state index contributed by atoms with van der Waals surface area (Å²) in [6.45, 7) is 3.90. The highest BCUT2D eigenvalue weighted by Gasteiger charge is 2.33. The molecule has 1 aromatic carbocycles. The molecule has 0 aliphatic heterocycles. The number of rotatable bonds is 5. The van der Waals surface area contributed by atoms with Gasteiger partial charge in [0.2, 0.25) is 0 Å². The van der Waals surface area contributed by atoms with Gasteiger partial charge >= 0.3 is 0 Å². The molecule has 0 aromatic heterocycles. The maximum absolute atomic E-state index is 6.04. The van der Waals surface area contributed by atoms with Gasteiger partial charge in [0.25, 0.3) is 0 Å². The average Bonchev–Trinajstić information content (AvgIpc) is 2.39. The van der Waals surface area contributed by atoms with Crippen molar-refractivity contribution in [1.82, 2.24) is 0 Å². The van der Waals surface area contributed by atoms with E-state index in [1.54, 1.807) is 0 Å². The lowest BCUT2D eigenvalue weighted by atomic mass is 9.68. The Bertz CT molecular complexity index is 409. The molecule has 106 valence electrons. The third-order valence-corrected chi connectivity index (χ3v) is 4.81. The van der Waals surface area contributed by atoms with Crippen LogP contribution in [0.5, 0.6) is 5.75 Å². The first kappa shape index (κ1) is 14.9. The molecule has 1 aliphatic carbocycles. The smallest absolute Gasteiger partial charge is 0.120 e. The molecule has 19 heavy (non-hydrogen) atoms. The van der Waals surface area contributed by atoms with E-state index in [-0.39, 0.29) is 0 Å². The molecule has 2 nitrogen and oxygen atoms in total. The summed E-state index contributed by atoms with van der Waals surface area (Å²) in [5, 5.41) is 0. The zero-order chi connectivity index (χ0) is 13.7. The van der Waals surface area contributed by atoms with Crippen LogP contribution in [0.1, 0.15) is 39.0 Å². The second-order valence-electron chi connectivity index (χ2n) is 5.96. The van der Waals surface area contributed by atoms with Gasteiger partial charge in [-0.1, -0.05) is 41.8 Å². The maximum atomic E-state index is 6.04. The minimum Gasteiger partial charge on any atom is -0.494 e. The lowest BCUT2D eigenvalue weighted by molar-refractivity contribution is 0.116. The maximum Gasteiger partial charge on any atom is 0.120 e. The van der Waals surface area contributed by atoms with Crippen LogP contribution in [0, 0.1) is 11.3 Å². The summed E-state index contributed by atoms with van der Waals surface area (Å²) < 4.78 is 6.93. The fourth-order valence-corrected chi connectivity index (χ4v) is 3.60. The summed E-state index contributed by atoms with van der Waals surface area (Å²) in [6.07, 6.45) is 6.25. The van der Waals surface area contributed by atoms with Crippen LogP contribution in [-0.2, 0) is 0 Å². The third-order valence-electron chi connectivity index (χ3n) is 4.32. The fraction of sp³-hybridized carbons (Fsp3) is 0.625. The molecular formula is C16H24BrNO. The fourth-order valence-electron chi connectivity index (χ4n) is 3.23. The Morgan fingerprint density at radius 3 is 3.00 bits per heavy atom. The Morgan fingerprint density at radius 2 is 2.32 bits per heavy atom. The number of benzene rings is 1. The first-order chi connectivity index (χ1) is 9.13. The Balaban J connectivity index is 1.86. The first-order valence-corrected chi connectivity index (χ1v) is 8.01. The average molecular weight is 326 g/mol. The van der Waals surface area contributed by atoms with E-state index >= 15 is 0 Å². The third kappa shape index (κ3) is 4.22. The summed E-state index contributed by atoms with van der Waals surface area (Å²) in [6, 6.07) is 8.03. The predicted octanol–water partition coefficient (Wildman–Crippen LogP) is 4.37. The van der Waals surface area contributed by atoms with Gasteiger partial charge in [0.05, 0.1) is 6.61 Å². The van der Waals surface area contributed by atoms with Crippen LogP contribution in [0.4, 0.5) is 0 Å². The van der Waals surface area contributed by atoms with Gasteiger partial charge in [0.1, 0.15) is 5.75 Å². The summed E-state index contributed by atoms with van der Waals surface area (Å²) in [7, 11) is 0. The van der Waals surface area contributed by atoms with Crippen molar-refractivity contribution in [3.63, 3.8) is 0 Å². The lowest BCUT2D eigenvalue weighted by Crippen LogP contribution is -2.36. The van der Waals surface area contributed by atoms with Crippen LogP contribution in [0.3, 0.4) is 0 Å². The van der Waals surface area contributed by atoms with Crippen molar-refractivity contribution in [3.05, 3.63) is 28.7 Å². The van der Waals surface area contributed by atoms with Crippen molar-refractivity contribution in [2.45, 2.75) is 39.0 Å². The molecule has 1 saturated carbocycles. The van der Waals surface area contributed by atoms with Crippen molar-refractivity contribution < 1.29 is 4.74 Å². The van der Waals surface area contributed by atoms with Crippen molar-refractivity contribution in [2.24, 2.45) is 17.1 Å². The van der Waals surface area contributed by atoms with E-state index in [1.165, 1.54) is 25.7 Å².